The van der Waals surface area contributed by atoms with Crippen LogP contribution in [0.2, 0.25) is 5.02 Å². The van der Waals surface area contributed by atoms with Gasteiger partial charge in [0.15, 0.2) is 0 Å². The number of sulfonamides is 1. The number of anilines is 1. The first-order valence-corrected chi connectivity index (χ1v) is 12.9. The number of fused-ring (bicyclic) bond motifs is 2. The second-order valence-electron chi connectivity index (χ2n) is 8.06. The molecular formula is C22H22ClN5O2S2. The zero-order valence-electron chi connectivity index (χ0n) is 17.4. The Kier molecular flexibility index (Phi) is 5.55. The van der Waals surface area contributed by atoms with E-state index in [0.717, 1.165) is 33.1 Å². The summed E-state index contributed by atoms with van der Waals surface area (Å²) in [5.74, 6) is 0.470. The molecule has 2 N–H and O–H groups in total. The van der Waals surface area contributed by atoms with Gasteiger partial charge >= 0.3 is 0 Å². The molecule has 7 nitrogen and oxygen atoms in total. The highest BCUT2D eigenvalue weighted by Crippen LogP contribution is 2.34. The summed E-state index contributed by atoms with van der Waals surface area (Å²) in [6.45, 7) is 4.44. The van der Waals surface area contributed by atoms with Gasteiger partial charge in [-0.25, -0.2) is 18.4 Å². The fourth-order valence-electron chi connectivity index (χ4n) is 4.22. The lowest BCUT2D eigenvalue weighted by atomic mass is 10.1. The van der Waals surface area contributed by atoms with E-state index in [1.807, 2.05) is 37.3 Å². The lowest BCUT2D eigenvalue weighted by molar-refractivity contribution is 0.138. The molecule has 1 aliphatic rings. The van der Waals surface area contributed by atoms with Crippen LogP contribution in [-0.4, -0.2) is 53.3 Å². The molecule has 0 spiro atoms. The number of nitrogen functional groups attached to an aromatic ring is 1. The molecule has 2 aromatic carbocycles. The summed E-state index contributed by atoms with van der Waals surface area (Å²) in [6.07, 6.45) is 1.47. The Morgan fingerprint density at radius 2 is 2.00 bits per heavy atom. The lowest BCUT2D eigenvalue weighted by Crippen LogP contribution is -2.53. The summed E-state index contributed by atoms with van der Waals surface area (Å²) in [7, 11) is -3.56. The predicted octanol–water partition coefficient (Wildman–Crippen LogP) is 3.98. The Hall–Kier alpha value is -2.30. The molecule has 1 aliphatic heterocycles. The molecule has 10 heteroatoms. The number of rotatable bonds is 4. The highest BCUT2D eigenvalue weighted by atomic mass is 35.5. The van der Waals surface area contributed by atoms with Crippen molar-refractivity contribution in [2.45, 2.75) is 23.7 Å². The number of thiophene rings is 1. The number of aromatic nitrogens is 2. The Bertz CT molecular complexity index is 1420. The zero-order chi connectivity index (χ0) is 22.5. The van der Waals surface area contributed by atoms with Crippen molar-refractivity contribution in [3.63, 3.8) is 0 Å². The lowest BCUT2D eigenvalue weighted by Gasteiger charge is -2.38. The molecule has 4 aromatic rings. The normalized spacial score (nSPS) is 18.5. The third-order valence-corrected chi connectivity index (χ3v) is 9.61. The molecule has 3 heterocycles. The molecule has 0 saturated carbocycles. The quantitative estimate of drug-likeness (QED) is 0.468. The monoisotopic (exact) mass is 487 g/mol. The van der Waals surface area contributed by atoms with E-state index < -0.39 is 10.0 Å². The van der Waals surface area contributed by atoms with E-state index in [2.05, 4.69) is 14.9 Å². The first-order chi connectivity index (χ1) is 15.3. The number of halogens is 1. The number of hydrogen-bond donors (Lipinski definition) is 1. The van der Waals surface area contributed by atoms with Crippen LogP contribution >= 0.6 is 22.9 Å². The van der Waals surface area contributed by atoms with Crippen LogP contribution in [0, 0.1) is 0 Å². The molecule has 2 aromatic heterocycles. The Morgan fingerprint density at radius 3 is 2.81 bits per heavy atom. The first-order valence-electron chi connectivity index (χ1n) is 10.2. The number of hydrogen-bond acceptors (Lipinski definition) is 7. The highest BCUT2D eigenvalue weighted by molar-refractivity contribution is 7.91. The van der Waals surface area contributed by atoms with Gasteiger partial charge in [0.1, 0.15) is 16.4 Å². The number of piperazine rings is 1. The van der Waals surface area contributed by atoms with E-state index in [1.54, 1.807) is 16.4 Å². The molecule has 0 bridgehead atoms. The smallest absolute Gasteiger partial charge is 0.252 e. The Labute approximate surface area is 195 Å². The molecule has 0 radical (unpaired) electrons. The van der Waals surface area contributed by atoms with Crippen LogP contribution in [0.3, 0.4) is 0 Å². The summed E-state index contributed by atoms with van der Waals surface area (Å²) < 4.78 is 29.6. The van der Waals surface area contributed by atoms with Crippen molar-refractivity contribution in [3.05, 3.63) is 59.4 Å². The fourth-order valence-corrected chi connectivity index (χ4v) is 7.64. The van der Waals surface area contributed by atoms with Crippen molar-refractivity contribution in [1.29, 1.82) is 0 Å². The van der Waals surface area contributed by atoms with Gasteiger partial charge in [-0.1, -0.05) is 23.7 Å². The molecule has 5 rings (SSSR count). The summed E-state index contributed by atoms with van der Waals surface area (Å²) in [5.41, 5.74) is 7.84. The number of benzene rings is 2. The molecule has 1 fully saturated rings. The highest BCUT2D eigenvalue weighted by Gasteiger charge is 2.34. The summed E-state index contributed by atoms with van der Waals surface area (Å²) >= 11 is 7.33. The summed E-state index contributed by atoms with van der Waals surface area (Å²) in [5, 5.41) is 2.34. The van der Waals surface area contributed by atoms with Gasteiger partial charge in [-0.15, -0.1) is 11.3 Å². The van der Waals surface area contributed by atoms with Gasteiger partial charge < -0.3 is 5.73 Å². The van der Waals surface area contributed by atoms with Crippen LogP contribution in [0.5, 0.6) is 0 Å². The van der Waals surface area contributed by atoms with Crippen LogP contribution in [-0.2, 0) is 16.6 Å². The van der Waals surface area contributed by atoms with Gasteiger partial charge in [0.25, 0.3) is 10.0 Å². The maximum Gasteiger partial charge on any atom is 0.252 e. The SMILES string of the molecule is C[C@H]1CN(Cc2ccc3c(N)ncnc3c2)CCN1S(=O)(=O)c1cc2ccc(Cl)cc2s1. The molecule has 32 heavy (non-hydrogen) atoms. The van der Waals surface area contributed by atoms with E-state index in [1.165, 1.54) is 17.7 Å². The third kappa shape index (κ3) is 3.95. The molecule has 0 unspecified atom stereocenters. The molecule has 166 valence electrons. The number of nitrogens with zero attached hydrogens (tertiary/aromatic N) is 4. The average Bonchev–Trinajstić information content (AvgIpc) is 3.18. The van der Waals surface area contributed by atoms with Crippen molar-refractivity contribution in [2.24, 2.45) is 0 Å². The van der Waals surface area contributed by atoms with Gasteiger partial charge in [0, 0.05) is 47.3 Å². The van der Waals surface area contributed by atoms with Gasteiger partial charge in [-0.05, 0) is 48.2 Å². The molecule has 1 atom stereocenters. The van der Waals surface area contributed by atoms with Gasteiger partial charge in [0.2, 0.25) is 0 Å². The topological polar surface area (TPSA) is 92.4 Å². The van der Waals surface area contributed by atoms with Crippen LogP contribution in [0.25, 0.3) is 21.0 Å². The predicted molar refractivity (Wildman–Crippen MR) is 129 cm³/mol. The van der Waals surface area contributed by atoms with Gasteiger partial charge in [0.05, 0.1) is 5.52 Å². The minimum absolute atomic E-state index is 0.138. The molecule has 0 aliphatic carbocycles. The minimum Gasteiger partial charge on any atom is -0.383 e. The first kappa shape index (κ1) is 21.5. The zero-order valence-corrected chi connectivity index (χ0v) is 19.8. The van der Waals surface area contributed by atoms with E-state index in [9.17, 15) is 8.42 Å². The molecule has 0 amide bonds. The Morgan fingerprint density at radius 1 is 1.16 bits per heavy atom. The van der Waals surface area contributed by atoms with Crippen LogP contribution in [0.15, 0.2) is 53.0 Å². The maximum absolute atomic E-state index is 13.4. The van der Waals surface area contributed by atoms with Crippen molar-refractivity contribution in [2.75, 3.05) is 25.4 Å². The van der Waals surface area contributed by atoms with Gasteiger partial charge in [-0.3, -0.25) is 4.90 Å². The van der Waals surface area contributed by atoms with Crippen molar-refractivity contribution >= 4 is 59.8 Å². The second-order valence-corrected chi connectivity index (χ2v) is 11.7. The average molecular weight is 488 g/mol. The van der Waals surface area contributed by atoms with Crippen LogP contribution in [0.4, 0.5) is 5.82 Å². The van der Waals surface area contributed by atoms with Crippen molar-refractivity contribution in [3.8, 4) is 0 Å². The third-order valence-electron chi connectivity index (χ3n) is 5.81. The second kappa shape index (κ2) is 8.24. The van der Waals surface area contributed by atoms with E-state index in [-0.39, 0.29) is 6.04 Å². The van der Waals surface area contributed by atoms with Gasteiger partial charge in [-0.2, -0.15) is 4.31 Å². The van der Waals surface area contributed by atoms with Crippen molar-refractivity contribution < 1.29 is 8.42 Å². The minimum atomic E-state index is -3.56. The molecular weight excluding hydrogens is 466 g/mol. The van der Waals surface area contributed by atoms with Crippen LogP contribution in [0.1, 0.15) is 12.5 Å². The van der Waals surface area contributed by atoms with E-state index >= 15 is 0 Å². The standard InChI is InChI=1S/C22H22ClN5O2S2/c1-14-11-27(12-15-2-5-18-19(8-15)25-13-26-22(18)24)6-7-28(14)32(29,30)21-9-16-3-4-17(23)10-20(16)31-21/h2-5,8-10,13-14H,6-7,11-12H2,1H3,(H2,24,25,26)/t14-/m0/s1. The maximum atomic E-state index is 13.4. The van der Waals surface area contributed by atoms with E-state index in [0.29, 0.717) is 34.7 Å². The largest absolute Gasteiger partial charge is 0.383 e. The van der Waals surface area contributed by atoms with E-state index in [4.69, 9.17) is 17.3 Å². The number of nitrogens with two attached hydrogens (primary N) is 1. The van der Waals surface area contributed by atoms with Crippen LogP contribution < -0.4 is 5.73 Å². The van der Waals surface area contributed by atoms with Crippen molar-refractivity contribution in [1.82, 2.24) is 19.2 Å². The Balaban J connectivity index is 1.32. The fraction of sp³-hybridized carbons (Fsp3) is 0.273. The summed E-state index contributed by atoms with van der Waals surface area (Å²) in [6, 6.07) is 13.0. The molecule has 1 saturated heterocycles. The summed E-state index contributed by atoms with van der Waals surface area (Å²) in [4.78, 5) is 10.6.